The normalized spacial score (nSPS) is 11.9. The van der Waals surface area contributed by atoms with Gasteiger partial charge in [-0.1, -0.05) is 49.1 Å². The fourth-order valence-corrected chi connectivity index (χ4v) is 2.21. The largest absolute Gasteiger partial charge is 0.207 e. The van der Waals surface area contributed by atoms with Crippen LogP contribution in [-0.4, -0.2) is 0 Å². The Balaban J connectivity index is 2.67. The summed E-state index contributed by atoms with van der Waals surface area (Å²) in [5.74, 6) is -0.204. The van der Waals surface area contributed by atoms with Crippen LogP contribution in [0.4, 0.5) is 4.39 Å². The average molecular weight is 252 g/mol. The van der Waals surface area contributed by atoms with E-state index in [2.05, 4.69) is 18.7 Å². The average Bonchev–Trinajstić information content (AvgIpc) is 2.42. The topological polar surface area (TPSA) is 0 Å². The van der Waals surface area contributed by atoms with Crippen LogP contribution < -0.4 is 0 Å². The minimum Gasteiger partial charge on any atom is -0.207 e. The molecule has 0 saturated carbocycles. The molecule has 0 N–H and O–H groups in total. The summed E-state index contributed by atoms with van der Waals surface area (Å²) in [7, 11) is 0. The predicted molar refractivity (Wildman–Crippen MR) is 79.5 cm³/mol. The van der Waals surface area contributed by atoms with Crippen LogP contribution in [0.25, 0.3) is 5.57 Å². The molecule has 2 aromatic carbocycles. The van der Waals surface area contributed by atoms with Gasteiger partial charge in [-0.15, -0.1) is 0 Å². The number of aryl methyl sites for hydroxylation is 1. The maximum absolute atomic E-state index is 13.3. The van der Waals surface area contributed by atoms with Crippen LogP contribution >= 0.6 is 0 Å². The lowest BCUT2D eigenvalue weighted by molar-refractivity contribution is 0.626. The zero-order chi connectivity index (χ0) is 13.8. The molecule has 2 aromatic rings. The van der Waals surface area contributed by atoms with E-state index in [4.69, 9.17) is 0 Å². The van der Waals surface area contributed by atoms with Crippen molar-refractivity contribution in [2.24, 2.45) is 0 Å². The van der Waals surface area contributed by atoms with Gasteiger partial charge in [0.1, 0.15) is 5.82 Å². The van der Waals surface area contributed by atoms with Crippen molar-refractivity contribution in [2.75, 3.05) is 0 Å². The standard InChI is InChI=1S/C18H17F/c1-4-13(2)18(15-8-6-5-7-9-15)17-11-10-16(19)12-14(17)3/h4-12H,1H2,2-3H3/b18-13+. The third kappa shape index (κ3) is 2.82. The van der Waals surface area contributed by atoms with Gasteiger partial charge in [0.2, 0.25) is 0 Å². The molecule has 1 heteroatoms. The first kappa shape index (κ1) is 13.3. The fraction of sp³-hybridized carbons (Fsp3) is 0.111. The van der Waals surface area contributed by atoms with Gasteiger partial charge in [-0.3, -0.25) is 0 Å². The Hall–Kier alpha value is -2.15. The molecular weight excluding hydrogens is 235 g/mol. The maximum Gasteiger partial charge on any atom is 0.123 e. The Bertz CT molecular complexity index is 621. The van der Waals surface area contributed by atoms with E-state index in [1.807, 2.05) is 44.2 Å². The SMILES string of the molecule is C=C/C(C)=C(\c1ccccc1)c1ccc(F)cc1C. The highest BCUT2D eigenvalue weighted by Gasteiger charge is 2.10. The third-order valence-corrected chi connectivity index (χ3v) is 3.22. The summed E-state index contributed by atoms with van der Waals surface area (Å²) in [5.41, 5.74) is 5.29. The summed E-state index contributed by atoms with van der Waals surface area (Å²) in [6.45, 7) is 7.80. The molecule has 0 aliphatic heterocycles. The molecule has 19 heavy (non-hydrogen) atoms. The smallest absolute Gasteiger partial charge is 0.123 e. The second kappa shape index (κ2) is 5.66. The van der Waals surface area contributed by atoms with Gasteiger partial charge >= 0.3 is 0 Å². The van der Waals surface area contributed by atoms with E-state index in [1.54, 1.807) is 6.07 Å². The zero-order valence-electron chi connectivity index (χ0n) is 11.3. The molecule has 96 valence electrons. The van der Waals surface area contributed by atoms with Gasteiger partial charge in [0, 0.05) is 0 Å². The molecule has 0 aliphatic carbocycles. The second-order valence-electron chi connectivity index (χ2n) is 4.59. The van der Waals surface area contributed by atoms with Crippen molar-refractivity contribution in [1.29, 1.82) is 0 Å². The van der Waals surface area contributed by atoms with Crippen LogP contribution in [0.1, 0.15) is 23.6 Å². The second-order valence-corrected chi connectivity index (χ2v) is 4.59. The molecule has 0 fully saturated rings. The van der Waals surface area contributed by atoms with Crippen molar-refractivity contribution in [3.05, 3.63) is 89.3 Å². The first-order chi connectivity index (χ1) is 9.13. The molecule has 0 saturated heterocycles. The highest BCUT2D eigenvalue weighted by Crippen LogP contribution is 2.29. The van der Waals surface area contributed by atoms with E-state index in [9.17, 15) is 4.39 Å². The van der Waals surface area contributed by atoms with Crippen molar-refractivity contribution in [2.45, 2.75) is 13.8 Å². The quantitative estimate of drug-likeness (QED) is 0.663. The molecule has 2 rings (SSSR count). The highest BCUT2D eigenvalue weighted by atomic mass is 19.1. The van der Waals surface area contributed by atoms with E-state index in [-0.39, 0.29) is 5.82 Å². The summed E-state index contributed by atoms with van der Waals surface area (Å²) in [5, 5.41) is 0. The van der Waals surface area contributed by atoms with Crippen LogP contribution in [0.2, 0.25) is 0 Å². The molecule has 0 aliphatic rings. The number of allylic oxidation sites excluding steroid dienone is 2. The number of benzene rings is 2. The third-order valence-electron chi connectivity index (χ3n) is 3.22. The molecule has 0 bridgehead atoms. The van der Waals surface area contributed by atoms with Gasteiger partial charge in [0.05, 0.1) is 0 Å². The van der Waals surface area contributed by atoms with E-state index >= 15 is 0 Å². The van der Waals surface area contributed by atoms with Crippen LogP contribution in [0, 0.1) is 12.7 Å². The molecule has 0 atom stereocenters. The molecular formula is C18H17F. The van der Waals surface area contributed by atoms with E-state index < -0.39 is 0 Å². The number of halogens is 1. The lowest BCUT2D eigenvalue weighted by Crippen LogP contribution is -1.95. The monoisotopic (exact) mass is 252 g/mol. The summed E-state index contributed by atoms with van der Waals surface area (Å²) in [6.07, 6.45) is 1.84. The van der Waals surface area contributed by atoms with Crippen LogP contribution in [0.3, 0.4) is 0 Å². The molecule has 0 aromatic heterocycles. The lowest BCUT2D eigenvalue weighted by Gasteiger charge is -2.14. The maximum atomic E-state index is 13.3. The predicted octanol–water partition coefficient (Wildman–Crippen LogP) is 5.14. The van der Waals surface area contributed by atoms with Crippen LogP contribution in [0.5, 0.6) is 0 Å². The number of rotatable bonds is 3. The molecule has 0 radical (unpaired) electrons. The van der Waals surface area contributed by atoms with E-state index in [1.165, 1.54) is 6.07 Å². The Kier molecular flexibility index (Phi) is 3.96. The van der Waals surface area contributed by atoms with Crippen molar-refractivity contribution < 1.29 is 4.39 Å². The minimum atomic E-state index is -0.204. The summed E-state index contributed by atoms with van der Waals surface area (Å²) < 4.78 is 13.3. The van der Waals surface area contributed by atoms with Crippen molar-refractivity contribution in [3.63, 3.8) is 0 Å². The zero-order valence-corrected chi connectivity index (χ0v) is 11.3. The van der Waals surface area contributed by atoms with Gasteiger partial charge in [-0.25, -0.2) is 4.39 Å². The Labute approximate surface area is 113 Å². The molecule has 0 unspecified atom stereocenters. The molecule has 0 amide bonds. The Morgan fingerprint density at radius 3 is 2.37 bits per heavy atom. The Morgan fingerprint density at radius 1 is 1.11 bits per heavy atom. The molecule has 0 heterocycles. The first-order valence-electron chi connectivity index (χ1n) is 6.28. The summed E-state index contributed by atoms with van der Waals surface area (Å²) in [6, 6.07) is 15.0. The molecule has 0 nitrogen and oxygen atoms in total. The summed E-state index contributed by atoms with van der Waals surface area (Å²) >= 11 is 0. The molecule has 0 spiro atoms. The van der Waals surface area contributed by atoms with Crippen molar-refractivity contribution in [3.8, 4) is 0 Å². The van der Waals surface area contributed by atoms with Gasteiger partial charge in [-0.2, -0.15) is 0 Å². The van der Waals surface area contributed by atoms with Gasteiger partial charge in [0.15, 0.2) is 0 Å². The summed E-state index contributed by atoms with van der Waals surface area (Å²) in [4.78, 5) is 0. The highest BCUT2D eigenvalue weighted by molar-refractivity contribution is 5.84. The van der Waals surface area contributed by atoms with Crippen LogP contribution in [0.15, 0.2) is 66.8 Å². The van der Waals surface area contributed by atoms with Crippen molar-refractivity contribution in [1.82, 2.24) is 0 Å². The van der Waals surface area contributed by atoms with Gasteiger partial charge in [-0.05, 0) is 53.8 Å². The first-order valence-corrected chi connectivity index (χ1v) is 6.28. The van der Waals surface area contributed by atoms with E-state index in [0.29, 0.717) is 0 Å². The van der Waals surface area contributed by atoms with Gasteiger partial charge in [0.25, 0.3) is 0 Å². The van der Waals surface area contributed by atoms with E-state index in [0.717, 1.165) is 27.8 Å². The van der Waals surface area contributed by atoms with Crippen molar-refractivity contribution >= 4 is 5.57 Å². The lowest BCUT2D eigenvalue weighted by atomic mass is 9.91. The number of hydrogen-bond donors (Lipinski definition) is 0. The van der Waals surface area contributed by atoms with Gasteiger partial charge < -0.3 is 0 Å². The fourth-order valence-electron chi connectivity index (χ4n) is 2.21. The Morgan fingerprint density at radius 2 is 1.79 bits per heavy atom. The minimum absolute atomic E-state index is 0.204. The number of hydrogen-bond acceptors (Lipinski definition) is 0. The van der Waals surface area contributed by atoms with Crippen LogP contribution in [-0.2, 0) is 0 Å².